The second kappa shape index (κ2) is 12.1. The molecule has 0 bridgehead atoms. The van der Waals surface area contributed by atoms with E-state index in [2.05, 4.69) is 47.8 Å². The topological polar surface area (TPSA) is 92.2 Å². The van der Waals surface area contributed by atoms with Crippen molar-refractivity contribution in [2.75, 3.05) is 75.7 Å². The highest BCUT2D eigenvalue weighted by atomic mass is 16.3. The quantitative estimate of drug-likeness (QED) is 0.551. The van der Waals surface area contributed by atoms with Crippen LogP contribution in [0.3, 0.4) is 0 Å². The number of hydrogen-bond acceptors (Lipinski definition) is 7. The Kier molecular flexibility index (Phi) is 8.89. The van der Waals surface area contributed by atoms with Crippen LogP contribution in [0.15, 0.2) is 42.6 Å². The number of hydrogen-bond donors (Lipinski definition) is 2. The molecule has 0 spiro atoms. The lowest BCUT2D eigenvalue weighted by Gasteiger charge is -2.38. The molecule has 1 aromatic carbocycles. The number of carbonyl (C=O) groups excluding carboxylic acids is 2. The number of rotatable bonds is 8. The van der Waals surface area contributed by atoms with Gasteiger partial charge < -0.3 is 25.1 Å². The minimum absolute atomic E-state index is 0.000135. The number of carbonyl (C=O) groups is 2. The van der Waals surface area contributed by atoms with Crippen molar-refractivity contribution in [3.8, 4) is 0 Å². The van der Waals surface area contributed by atoms with Crippen LogP contribution in [-0.4, -0.2) is 108 Å². The van der Waals surface area contributed by atoms with Crippen LogP contribution in [0.25, 0.3) is 0 Å². The predicted octanol–water partition coefficient (Wildman–Crippen LogP) is 2.64. The van der Waals surface area contributed by atoms with Gasteiger partial charge in [-0.1, -0.05) is 13.8 Å². The van der Waals surface area contributed by atoms with E-state index in [9.17, 15) is 14.7 Å². The van der Waals surface area contributed by atoms with E-state index in [-0.39, 0.29) is 23.8 Å². The van der Waals surface area contributed by atoms with E-state index >= 15 is 0 Å². The monoisotopic (exact) mass is 522 g/mol. The summed E-state index contributed by atoms with van der Waals surface area (Å²) in [7, 11) is 0. The van der Waals surface area contributed by atoms with E-state index in [0.29, 0.717) is 56.4 Å². The summed E-state index contributed by atoms with van der Waals surface area (Å²) in [5, 5.41) is 13.0. The largest absolute Gasteiger partial charge is 0.396 e. The highest BCUT2D eigenvalue weighted by molar-refractivity contribution is 5.98. The van der Waals surface area contributed by atoms with Crippen LogP contribution >= 0.6 is 0 Å². The van der Waals surface area contributed by atoms with Gasteiger partial charge >= 0.3 is 0 Å². The normalized spacial score (nSPS) is 17.2. The molecule has 2 N–H and O–H groups in total. The highest BCUT2D eigenvalue weighted by Crippen LogP contribution is 2.25. The van der Waals surface area contributed by atoms with E-state index in [1.807, 2.05) is 21.9 Å². The Hall–Kier alpha value is -3.17. The van der Waals surface area contributed by atoms with Crippen LogP contribution in [0, 0.1) is 5.41 Å². The maximum absolute atomic E-state index is 13.2. The van der Waals surface area contributed by atoms with E-state index < -0.39 is 0 Å². The number of anilines is 2. The van der Waals surface area contributed by atoms with Crippen molar-refractivity contribution in [2.45, 2.75) is 33.7 Å². The molecule has 2 fully saturated rings. The third-order valence-electron chi connectivity index (χ3n) is 7.22. The molecule has 2 aromatic rings. The zero-order chi connectivity index (χ0) is 27.3. The third-order valence-corrected chi connectivity index (χ3v) is 7.22. The molecule has 206 valence electrons. The Balaban J connectivity index is 1.30. The van der Waals surface area contributed by atoms with Crippen molar-refractivity contribution >= 4 is 23.3 Å². The molecule has 0 unspecified atom stereocenters. The number of pyridine rings is 1. The number of aliphatic hydroxyl groups excluding tert-OH is 1. The van der Waals surface area contributed by atoms with E-state index in [1.165, 1.54) is 0 Å². The molecule has 3 heterocycles. The van der Waals surface area contributed by atoms with Crippen molar-refractivity contribution in [3.05, 3.63) is 53.7 Å². The van der Waals surface area contributed by atoms with Gasteiger partial charge in [-0.2, -0.15) is 0 Å². The second-order valence-electron chi connectivity index (χ2n) is 11.4. The molecule has 2 amide bonds. The molecule has 9 heteroatoms. The second-order valence-corrected chi connectivity index (χ2v) is 11.4. The van der Waals surface area contributed by atoms with Gasteiger partial charge in [0.1, 0.15) is 0 Å². The number of aliphatic hydroxyl groups is 1. The smallest absolute Gasteiger partial charge is 0.253 e. The van der Waals surface area contributed by atoms with Gasteiger partial charge in [-0.15, -0.1) is 0 Å². The minimum atomic E-state index is -0.145. The molecule has 2 aliphatic rings. The lowest BCUT2D eigenvalue weighted by molar-refractivity contribution is 0.0500. The zero-order valence-corrected chi connectivity index (χ0v) is 23.2. The first-order valence-electron chi connectivity index (χ1n) is 13.7. The van der Waals surface area contributed by atoms with Gasteiger partial charge in [0.2, 0.25) is 0 Å². The van der Waals surface area contributed by atoms with Gasteiger partial charge in [0.15, 0.2) is 5.82 Å². The summed E-state index contributed by atoms with van der Waals surface area (Å²) in [6.07, 6.45) is 1.80. The fourth-order valence-corrected chi connectivity index (χ4v) is 5.08. The summed E-state index contributed by atoms with van der Waals surface area (Å²) in [6.45, 7) is 14.9. The number of aromatic nitrogens is 1. The van der Waals surface area contributed by atoms with Gasteiger partial charge in [0.05, 0.1) is 5.69 Å². The van der Waals surface area contributed by atoms with Crippen LogP contribution in [0.4, 0.5) is 11.5 Å². The molecular weight excluding hydrogens is 480 g/mol. The van der Waals surface area contributed by atoms with Crippen molar-refractivity contribution in [2.24, 2.45) is 5.41 Å². The van der Waals surface area contributed by atoms with E-state index in [0.717, 1.165) is 31.1 Å². The summed E-state index contributed by atoms with van der Waals surface area (Å²) in [6, 6.07) is 11.4. The number of amides is 2. The Morgan fingerprint density at radius 3 is 1.92 bits per heavy atom. The number of nitrogens with one attached hydrogen (secondary N) is 1. The predicted molar refractivity (Wildman–Crippen MR) is 151 cm³/mol. The average Bonchev–Trinajstić information content (AvgIpc) is 2.93. The van der Waals surface area contributed by atoms with Crippen LogP contribution < -0.4 is 10.2 Å². The zero-order valence-electron chi connectivity index (χ0n) is 23.2. The van der Waals surface area contributed by atoms with Gasteiger partial charge in [-0.05, 0) is 50.2 Å². The Morgan fingerprint density at radius 2 is 1.42 bits per heavy atom. The maximum atomic E-state index is 13.2. The Labute approximate surface area is 226 Å². The Bertz CT molecular complexity index is 1090. The third kappa shape index (κ3) is 6.82. The lowest BCUT2D eigenvalue weighted by atomic mass is 9.94. The molecule has 0 radical (unpaired) electrons. The standard InChI is InChI=1S/C29H42N6O3/c1-22(2)31-25-6-5-11-30-26(25)33-16-18-35(19-17-33)28(38)24-9-7-23(8-10-24)27(37)34-14-12-32(13-15-34)20-29(3,4)21-36/h5-11,22,31,36H,12-21H2,1-4H3. The summed E-state index contributed by atoms with van der Waals surface area (Å²) >= 11 is 0. The Morgan fingerprint density at radius 1 is 0.895 bits per heavy atom. The minimum Gasteiger partial charge on any atom is -0.396 e. The fourth-order valence-electron chi connectivity index (χ4n) is 5.08. The maximum Gasteiger partial charge on any atom is 0.253 e. The molecule has 1 aromatic heterocycles. The molecule has 2 saturated heterocycles. The molecular formula is C29H42N6O3. The molecule has 38 heavy (non-hydrogen) atoms. The summed E-state index contributed by atoms with van der Waals surface area (Å²) in [4.78, 5) is 39.1. The van der Waals surface area contributed by atoms with Gasteiger partial charge in [-0.25, -0.2) is 4.98 Å². The first-order chi connectivity index (χ1) is 18.2. The first-order valence-corrected chi connectivity index (χ1v) is 13.7. The number of piperazine rings is 2. The van der Waals surface area contributed by atoms with Crippen LogP contribution in [0.5, 0.6) is 0 Å². The van der Waals surface area contributed by atoms with E-state index in [1.54, 1.807) is 30.5 Å². The fraction of sp³-hybridized carbons (Fsp3) is 0.552. The molecule has 0 saturated carbocycles. The number of nitrogens with zero attached hydrogens (tertiary/aromatic N) is 5. The van der Waals surface area contributed by atoms with Gasteiger partial charge in [0.25, 0.3) is 11.8 Å². The van der Waals surface area contributed by atoms with Crippen molar-refractivity contribution in [1.29, 1.82) is 0 Å². The number of benzene rings is 1. The van der Waals surface area contributed by atoms with E-state index in [4.69, 9.17) is 0 Å². The molecule has 9 nitrogen and oxygen atoms in total. The highest BCUT2D eigenvalue weighted by Gasteiger charge is 2.28. The van der Waals surface area contributed by atoms with Gasteiger partial charge in [0, 0.05) is 94.3 Å². The van der Waals surface area contributed by atoms with Crippen molar-refractivity contribution < 1.29 is 14.7 Å². The molecule has 2 aliphatic heterocycles. The SMILES string of the molecule is CC(C)Nc1cccnc1N1CCN(C(=O)c2ccc(C(=O)N3CCN(CC(C)(C)CO)CC3)cc2)CC1. The van der Waals surface area contributed by atoms with Crippen molar-refractivity contribution in [3.63, 3.8) is 0 Å². The molecule has 0 aliphatic carbocycles. The van der Waals surface area contributed by atoms with Crippen LogP contribution in [-0.2, 0) is 0 Å². The first kappa shape index (κ1) is 27.9. The summed E-state index contributed by atoms with van der Waals surface area (Å²) < 4.78 is 0. The summed E-state index contributed by atoms with van der Waals surface area (Å²) in [5.41, 5.74) is 2.08. The lowest BCUT2D eigenvalue weighted by Crippen LogP contribution is -2.51. The molecule has 0 atom stereocenters. The average molecular weight is 523 g/mol. The van der Waals surface area contributed by atoms with Crippen LogP contribution in [0.1, 0.15) is 48.4 Å². The summed E-state index contributed by atoms with van der Waals surface area (Å²) in [5.74, 6) is 0.916. The van der Waals surface area contributed by atoms with Crippen LogP contribution in [0.2, 0.25) is 0 Å². The molecule has 4 rings (SSSR count). The van der Waals surface area contributed by atoms with Crippen molar-refractivity contribution in [1.82, 2.24) is 19.7 Å². The van der Waals surface area contributed by atoms with Gasteiger partial charge in [-0.3, -0.25) is 14.5 Å².